The van der Waals surface area contributed by atoms with E-state index in [1.54, 1.807) is 54.5 Å². The van der Waals surface area contributed by atoms with Gasteiger partial charge in [-0.05, 0) is 98.2 Å². The second kappa shape index (κ2) is 26.9. The molecule has 3 heterocycles. The highest BCUT2D eigenvalue weighted by molar-refractivity contribution is 6.08. The standard InChI is InChI=1S/C53H69N7O9/c1-57(26-30-68-34-36-69-35-33-66-29-18-50(62)60-24-22-58(23-25-60)27-31-67-32-28-61)53(65)43-12-7-11-41(37-43)51(63)56-48-16-15-44(59-20-5-2-6-21-59)39-46(48)49-38-42(17-19-54-49)52(64)55-47-14-8-10-40-9-3-4-13-45(40)47/h3-4,7,9,11-13,15-17,19,37-39,47,61H,2,5-6,8,10,14,18,20-36H2,1H3,(H,55,64)(H,56,63)/t47-/m0/s1. The zero-order chi connectivity index (χ0) is 48.2. The molecule has 3 aromatic carbocycles. The van der Waals surface area contributed by atoms with E-state index in [4.69, 9.17) is 29.0 Å². The molecule has 1 atom stereocenters. The number of amides is 4. The van der Waals surface area contributed by atoms with Crippen molar-refractivity contribution >= 4 is 35.0 Å². The Morgan fingerprint density at radius 3 is 2.23 bits per heavy atom. The van der Waals surface area contributed by atoms with Crippen molar-refractivity contribution < 1.29 is 43.2 Å². The van der Waals surface area contributed by atoms with Crippen molar-refractivity contribution in [3.05, 3.63) is 113 Å². The summed E-state index contributed by atoms with van der Waals surface area (Å²) in [6.07, 6.45) is 8.26. The van der Waals surface area contributed by atoms with Crippen molar-refractivity contribution in [2.75, 3.05) is 129 Å². The second-order valence-corrected chi connectivity index (χ2v) is 17.7. The molecule has 2 aliphatic heterocycles. The molecule has 3 aliphatic rings. The van der Waals surface area contributed by atoms with E-state index in [0.717, 1.165) is 76.1 Å². The van der Waals surface area contributed by atoms with Crippen LogP contribution in [0.5, 0.6) is 0 Å². The highest BCUT2D eigenvalue weighted by atomic mass is 16.5. The summed E-state index contributed by atoms with van der Waals surface area (Å²) in [4.78, 5) is 66.5. The van der Waals surface area contributed by atoms with Gasteiger partial charge in [0.05, 0.1) is 83.3 Å². The van der Waals surface area contributed by atoms with E-state index in [1.807, 2.05) is 35.2 Å². The van der Waals surface area contributed by atoms with E-state index in [-0.39, 0.29) is 36.3 Å². The molecule has 4 amide bonds. The molecule has 2 fully saturated rings. The number of piperazine rings is 1. The van der Waals surface area contributed by atoms with Gasteiger partial charge in [0.25, 0.3) is 17.7 Å². The lowest BCUT2D eigenvalue weighted by atomic mass is 9.87. The minimum Gasteiger partial charge on any atom is -0.394 e. The maximum atomic E-state index is 13.9. The van der Waals surface area contributed by atoms with Crippen LogP contribution in [0.25, 0.3) is 11.3 Å². The van der Waals surface area contributed by atoms with Crippen LogP contribution in [0.3, 0.4) is 0 Å². The number of anilines is 2. The Hall–Kier alpha value is -5.75. The number of nitrogens with zero attached hydrogens (tertiary/aromatic N) is 5. The minimum absolute atomic E-state index is 0.0238. The number of hydrogen-bond donors (Lipinski definition) is 3. The fourth-order valence-electron chi connectivity index (χ4n) is 9.02. The predicted molar refractivity (Wildman–Crippen MR) is 265 cm³/mol. The van der Waals surface area contributed by atoms with E-state index < -0.39 is 0 Å². The number of pyridine rings is 1. The first kappa shape index (κ1) is 51.1. The first-order chi connectivity index (χ1) is 33.8. The monoisotopic (exact) mass is 948 g/mol. The number of benzene rings is 3. The largest absolute Gasteiger partial charge is 0.394 e. The van der Waals surface area contributed by atoms with E-state index in [0.29, 0.717) is 113 Å². The zero-order valence-corrected chi connectivity index (χ0v) is 40.1. The van der Waals surface area contributed by atoms with Gasteiger partial charge in [0, 0.05) is 93.5 Å². The van der Waals surface area contributed by atoms with E-state index in [1.165, 1.54) is 12.0 Å². The molecule has 4 aromatic rings. The quantitative estimate of drug-likeness (QED) is 0.0758. The maximum absolute atomic E-state index is 13.9. The number of carbonyl (C=O) groups excluding carboxylic acids is 4. The molecule has 1 aromatic heterocycles. The summed E-state index contributed by atoms with van der Waals surface area (Å²) in [7, 11) is 1.70. The van der Waals surface area contributed by atoms with Gasteiger partial charge in [0.2, 0.25) is 5.91 Å². The van der Waals surface area contributed by atoms with Crippen LogP contribution in [0.15, 0.2) is 85.1 Å². The summed E-state index contributed by atoms with van der Waals surface area (Å²) in [5.41, 5.74) is 6.45. The average Bonchev–Trinajstić information content (AvgIpc) is 3.39. The van der Waals surface area contributed by atoms with E-state index >= 15 is 0 Å². The number of aliphatic hydroxyl groups excluding tert-OH is 1. The Labute approximate surface area is 406 Å². The van der Waals surface area contributed by atoms with Crippen molar-refractivity contribution in [3.63, 3.8) is 0 Å². The number of aryl methyl sites for hydroxylation is 1. The van der Waals surface area contributed by atoms with Crippen LogP contribution in [0.4, 0.5) is 11.4 Å². The molecule has 0 bridgehead atoms. The maximum Gasteiger partial charge on any atom is 0.255 e. The van der Waals surface area contributed by atoms with Gasteiger partial charge >= 0.3 is 0 Å². The SMILES string of the molecule is CN(CCOCCOCCOCCC(=O)N1CCN(CCOCCO)CC1)C(=O)c1cccc(C(=O)Nc2ccc(N3CCCCC3)cc2-c2cc(C(=O)N[C@H]3CCCc4ccccc43)ccn2)c1. The van der Waals surface area contributed by atoms with Crippen molar-refractivity contribution in [2.45, 2.75) is 51.0 Å². The number of rotatable bonds is 24. The third kappa shape index (κ3) is 15.1. The Bertz CT molecular complexity index is 2300. The van der Waals surface area contributed by atoms with Crippen molar-refractivity contribution in [3.8, 4) is 11.3 Å². The molecule has 7 rings (SSSR count). The predicted octanol–water partition coefficient (Wildman–Crippen LogP) is 5.46. The third-order valence-corrected chi connectivity index (χ3v) is 13.0. The number of fused-ring (bicyclic) bond motifs is 1. The molecule has 3 N–H and O–H groups in total. The lowest BCUT2D eigenvalue weighted by molar-refractivity contribution is -0.134. The van der Waals surface area contributed by atoms with E-state index in [2.05, 4.69) is 32.6 Å². The highest BCUT2D eigenvalue weighted by Crippen LogP contribution is 2.34. The van der Waals surface area contributed by atoms with Crippen molar-refractivity contribution in [1.29, 1.82) is 0 Å². The van der Waals surface area contributed by atoms with Gasteiger partial charge in [-0.2, -0.15) is 0 Å². The lowest BCUT2D eigenvalue weighted by Crippen LogP contribution is -2.49. The first-order valence-electron chi connectivity index (χ1n) is 24.6. The van der Waals surface area contributed by atoms with Crippen LogP contribution in [-0.4, -0.2) is 167 Å². The number of likely N-dealkylation sites (N-methyl/N-ethyl adjacent to an activating group) is 1. The number of piperidine rings is 1. The molecule has 0 saturated carbocycles. The Morgan fingerprint density at radius 2 is 1.43 bits per heavy atom. The van der Waals surface area contributed by atoms with Crippen LogP contribution in [0, 0.1) is 0 Å². The molecular weight excluding hydrogens is 879 g/mol. The third-order valence-electron chi connectivity index (χ3n) is 13.0. The summed E-state index contributed by atoms with van der Waals surface area (Å²) in [6, 6.07) is 24.3. The molecule has 1 aliphatic carbocycles. The van der Waals surface area contributed by atoms with Crippen LogP contribution in [-0.2, 0) is 30.2 Å². The zero-order valence-electron chi connectivity index (χ0n) is 40.1. The Kier molecular flexibility index (Phi) is 19.9. The molecule has 69 heavy (non-hydrogen) atoms. The summed E-state index contributed by atoms with van der Waals surface area (Å²) >= 11 is 0. The summed E-state index contributed by atoms with van der Waals surface area (Å²) in [5, 5.41) is 15.2. The van der Waals surface area contributed by atoms with Crippen LogP contribution < -0.4 is 15.5 Å². The second-order valence-electron chi connectivity index (χ2n) is 17.7. The molecular formula is C53H69N7O9. The van der Waals surface area contributed by atoms with Gasteiger partial charge in [-0.25, -0.2) is 0 Å². The number of hydrogen-bond acceptors (Lipinski definition) is 12. The van der Waals surface area contributed by atoms with Gasteiger partial charge in [-0.1, -0.05) is 30.3 Å². The number of nitrogens with one attached hydrogen (secondary N) is 2. The molecule has 2 saturated heterocycles. The molecule has 16 heteroatoms. The van der Waals surface area contributed by atoms with Crippen molar-refractivity contribution in [2.24, 2.45) is 0 Å². The van der Waals surface area contributed by atoms with Crippen molar-refractivity contribution in [1.82, 2.24) is 25.0 Å². The molecule has 0 spiro atoms. The fraction of sp³-hybridized carbons (Fsp3) is 0.491. The Balaban J connectivity index is 0.849. The van der Waals surface area contributed by atoms with Crippen LogP contribution in [0.1, 0.15) is 86.8 Å². The molecule has 370 valence electrons. The first-order valence-corrected chi connectivity index (χ1v) is 24.6. The molecule has 0 radical (unpaired) electrons. The van der Waals surface area contributed by atoms with Gasteiger partial charge < -0.3 is 49.4 Å². The van der Waals surface area contributed by atoms with E-state index in [9.17, 15) is 19.2 Å². The van der Waals surface area contributed by atoms with Gasteiger partial charge in [-0.15, -0.1) is 0 Å². The normalized spacial score (nSPS) is 16.2. The number of carbonyl (C=O) groups is 4. The molecule has 16 nitrogen and oxygen atoms in total. The summed E-state index contributed by atoms with van der Waals surface area (Å²) in [5.74, 6) is -0.714. The molecule has 0 unspecified atom stereocenters. The number of ether oxygens (including phenoxy) is 4. The topological polar surface area (TPSA) is 175 Å². The number of aromatic nitrogens is 1. The highest BCUT2D eigenvalue weighted by Gasteiger charge is 2.24. The van der Waals surface area contributed by atoms with Crippen LogP contribution in [0.2, 0.25) is 0 Å². The summed E-state index contributed by atoms with van der Waals surface area (Å²) < 4.78 is 22.3. The van der Waals surface area contributed by atoms with Crippen LogP contribution >= 0.6 is 0 Å². The average molecular weight is 948 g/mol. The van der Waals surface area contributed by atoms with Gasteiger partial charge in [0.1, 0.15) is 0 Å². The number of aliphatic hydroxyl groups is 1. The van der Waals surface area contributed by atoms with Gasteiger partial charge in [-0.3, -0.25) is 29.1 Å². The summed E-state index contributed by atoms with van der Waals surface area (Å²) in [6.45, 7) is 9.04. The Morgan fingerprint density at radius 1 is 0.710 bits per heavy atom. The lowest BCUT2D eigenvalue weighted by Gasteiger charge is -2.34. The fourth-order valence-corrected chi connectivity index (χ4v) is 9.02. The minimum atomic E-state index is -0.380. The van der Waals surface area contributed by atoms with Gasteiger partial charge in [0.15, 0.2) is 0 Å². The smallest absolute Gasteiger partial charge is 0.255 e.